The molecule has 1 aromatic carbocycles. The van der Waals surface area contributed by atoms with E-state index in [2.05, 4.69) is 4.98 Å². The molecule has 0 atom stereocenters. The molecule has 7 nitrogen and oxygen atoms in total. The van der Waals surface area contributed by atoms with Crippen LogP contribution in [0.25, 0.3) is 0 Å². The van der Waals surface area contributed by atoms with Crippen LogP contribution in [0.2, 0.25) is 5.15 Å². The van der Waals surface area contributed by atoms with Gasteiger partial charge in [-0.15, -0.1) is 0 Å². The number of ether oxygens (including phenoxy) is 3. The molecule has 2 aromatic rings. The Balaban J connectivity index is 1.78. The predicted octanol–water partition coefficient (Wildman–Crippen LogP) is 2.95. The number of pyridine rings is 1. The molecule has 0 amide bonds. The summed E-state index contributed by atoms with van der Waals surface area (Å²) in [6.45, 7) is 0.284. The summed E-state index contributed by atoms with van der Waals surface area (Å²) in [5, 5.41) is 11.0. The number of rotatable bonds is 4. The lowest BCUT2D eigenvalue weighted by Crippen LogP contribution is -2.01. The Kier molecular flexibility index (Phi) is 3.49. The Morgan fingerprint density at radius 3 is 2.90 bits per heavy atom. The van der Waals surface area contributed by atoms with Crippen molar-refractivity contribution in [2.75, 3.05) is 6.79 Å². The number of nitrogens with zero attached hydrogens (tertiary/aromatic N) is 2. The van der Waals surface area contributed by atoms with Gasteiger partial charge in [-0.05, 0) is 23.8 Å². The molecule has 8 heteroatoms. The van der Waals surface area contributed by atoms with E-state index in [9.17, 15) is 10.1 Å². The smallest absolute Gasteiger partial charge is 0.331 e. The van der Waals surface area contributed by atoms with Crippen LogP contribution in [0, 0.1) is 10.1 Å². The van der Waals surface area contributed by atoms with Crippen molar-refractivity contribution >= 4 is 17.3 Å². The van der Waals surface area contributed by atoms with Crippen LogP contribution in [0.1, 0.15) is 5.56 Å². The van der Waals surface area contributed by atoms with Gasteiger partial charge >= 0.3 is 5.69 Å². The topological polar surface area (TPSA) is 83.7 Å². The van der Waals surface area contributed by atoms with E-state index in [0.717, 1.165) is 5.56 Å². The number of hydrogen-bond acceptors (Lipinski definition) is 6. The van der Waals surface area contributed by atoms with Gasteiger partial charge < -0.3 is 14.2 Å². The zero-order chi connectivity index (χ0) is 14.8. The van der Waals surface area contributed by atoms with E-state index >= 15 is 0 Å². The van der Waals surface area contributed by atoms with Crippen molar-refractivity contribution in [3.8, 4) is 17.4 Å². The molecule has 108 valence electrons. The van der Waals surface area contributed by atoms with Crippen LogP contribution in [0.15, 0.2) is 30.3 Å². The average Bonchev–Trinajstić information content (AvgIpc) is 2.92. The van der Waals surface area contributed by atoms with Crippen LogP contribution in [0.4, 0.5) is 5.69 Å². The lowest BCUT2D eigenvalue weighted by atomic mass is 10.2. The number of aromatic nitrogens is 1. The molecule has 0 bridgehead atoms. The molecule has 2 heterocycles. The normalized spacial score (nSPS) is 12.2. The van der Waals surface area contributed by atoms with Crippen molar-refractivity contribution < 1.29 is 19.1 Å². The van der Waals surface area contributed by atoms with Crippen LogP contribution < -0.4 is 14.2 Å². The summed E-state index contributed by atoms with van der Waals surface area (Å²) in [4.78, 5) is 14.2. The van der Waals surface area contributed by atoms with Crippen molar-refractivity contribution in [3.05, 3.63) is 51.2 Å². The monoisotopic (exact) mass is 308 g/mol. The van der Waals surface area contributed by atoms with Crippen molar-refractivity contribution in [2.45, 2.75) is 6.61 Å². The van der Waals surface area contributed by atoms with E-state index in [1.807, 2.05) is 0 Å². The van der Waals surface area contributed by atoms with Gasteiger partial charge in [0.05, 0.1) is 4.92 Å². The first-order valence-electron chi connectivity index (χ1n) is 5.96. The van der Waals surface area contributed by atoms with Crippen LogP contribution in [-0.2, 0) is 6.61 Å². The highest BCUT2D eigenvalue weighted by molar-refractivity contribution is 6.29. The Morgan fingerprint density at radius 2 is 2.10 bits per heavy atom. The molecule has 0 unspecified atom stereocenters. The maximum atomic E-state index is 10.9. The van der Waals surface area contributed by atoms with E-state index in [4.69, 9.17) is 25.8 Å². The third kappa shape index (κ3) is 2.82. The fourth-order valence-corrected chi connectivity index (χ4v) is 1.98. The number of nitro groups is 1. The highest BCUT2D eigenvalue weighted by atomic mass is 35.5. The highest BCUT2D eigenvalue weighted by Gasteiger charge is 2.18. The van der Waals surface area contributed by atoms with Gasteiger partial charge in [0.25, 0.3) is 5.88 Å². The van der Waals surface area contributed by atoms with Gasteiger partial charge in [0.15, 0.2) is 11.5 Å². The molecule has 0 saturated carbocycles. The third-order valence-electron chi connectivity index (χ3n) is 2.82. The summed E-state index contributed by atoms with van der Waals surface area (Å²) in [6.07, 6.45) is 0. The summed E-state index contributed by atoms with van der Waals surface area (Å²) in [7, 11) is 0. The van der Waals surface area contributed by atoms with Crippen molar-refractivity contribution in [2.24, 2.45) is 0 Å². The van der Waals surface area contributed by atoms with Crippen LogP contribution in [-0.4, -0.2) is 16.7 Å². The van der Waals surface area contributed by atoms with Gasteiger partial charge in [-0.25, -0.2) is 0 Å². The van der Waals surface area contributed by atoms with Gasteiger partial charge in [0, 0.05) is 6.07 Å². The Labute approximate surface area is 124 Å². The second-order valence-corrected chi connectivity index (χ2v) is 4.58. The van der Waals surface area contributed by atoms with Crippen LogP contribution in [0.5, 0.6) is 17.4 Å². The summed E-state index contributed by atoms with van der Waals surface area (Å²) < 4.78 is 15.8. The number of hydrogen-bond donors (Lipinski definition) is 0. The zero-order valence-corrected chi connectivity index (χ0v) is 11.4. The molecule has 0 aliphatic carbocycles. The lowest BCUT2D eigenvalue weighted by Gasteiger charge is -2.07. The number of benzene rings is 1. The van der Waals surface area contributed by atoms with E-state index in [1.54, 1.807) is 18.2 Å². The molecule has 0 N–H and O–H groups in total. The van der Waals surface area contributed by atoms with E-state index < -0.39 is 4.92 Å². The maximum Gasteiger partial charge on any atom is 0.331 e. The first-order valence-corrected chi connectivity index (χ1v) is 6.33. The zero-order valence-electron chi connectivity index (χ0n) is 10.6. The van der Waals surface area contributed by atoms with Crippen LogP contribution in [0.3, 0.4) is 0 Å². The minimum absolute atomic E-state index is 0.102. The first-order chi connectivity index (χ1) is 10.1. The van der Waals surface area contributed by atoms with Gasteiger partial charge in [0.2, 0.25) is 6.79 Å². The van der Waals surface area contributed by atoms with Crippen molar-refractivity contribution in [1.82, 2.24) is 4.98 Å². The minimum Gasteiger partial charge on any atom is -0.468 e. The van der Waals surface area contributed by atoms with Gasteiger partial charge in [-0.1, -0.05) is 17.7 Å². The molecule has 21 heavy (non-hydrogen) atoms. The van der Waals surface area contributed by atoms with Crippen LogP contribution >= 0.6 is 11.6 Å². The molecular weight excluding hydrogens is 300 g/mol. The fourth-order valence-electron chi connectivity index (χ4n) is 1.84. The van der Waals surface area contributed by atoms with E-state index in [1.165, 1.54) is 12.1 Å². The predicted molar refractivity (Wildman–Crippen MR) is 72.8 cm³/mol. The summed E-state index contributed by atoms with van der Waals surface area (Å²) in [6, 6.07) is 7.88. The lowest BCUT2D eigenvalue weighted by molar-refractivity contribution is -0.386. The molecular formula is C13H9ClN2O5. The molecule has 3 rings (SSSR count). The second-order valence-electron chi connectivity index (χ2n) is 4.19. The molecule has 1 aromatic heterocycles. The fraction of sp³-hybridized carbons (Fsp3) is 0.154. The highest BCUT2D eigenvalue weighted by Crippen LogP contribution is 2.33. The molecule has 1 aliphatic rings. The molecule has 0 fully saturated rings. The third-order valence-corrected chi connectivity index (χ3v) is 3.03. The number of fused-ring (bicyclic) bond motifs is 1. The molecule has 0 spiro atoms. The SMILES string of the molecule is O=[N+]([O-])c1ccc(Cl)nc1OCc1ccc2c(c1)OCO2. The van der Waals surface area contributed by atoms with Crippen molar-refractivity contribution in [3.63, 3.8) is 0 Å². The summed E-state index contributed by atoms with van der Waals surface area (Å²) in [5.74, 6) is 1.15. The summed E-state index contributed by atoms with van der Waals surface area (Å²) >= 11 is 5.73. The molecule has 0 radical (unpaired) electrons. The van der Waals surface area contributed by atoms with Gasteiger partial charge in [0.1, 0.15) is 11.8 Å². The minimum atomic E-state index is -0.571. The average molecular weight is 309 g/mol. The Bertz CT molecular complexity index is 707. The number of halogens is 1. The summed E-state index contributed by atoms with van der Waals surface area (Å²) in [5.41, 5.74) is 0.537. The van der Waals surface area contributed by atoms with Gasteiger partial charge in [-0.2, -0.15) is 4.98 Å². The Morgan fingerprint density at radius 1 is 1.29 bits per heavy atom. The van der Waals surface area contributed by atoms with Gasteiger partial charge in [-0.3, -0.25) is 10.1 Å². The van der Waals surface area contributed by atoms with E-state index in [0.29, 0.717) is 11.5 Å². The second kappa shape index (κ2) is 5.45. The largest absolute Gasteiger partial charge is 0.468 e. The standard InChI is InChI=1S/C13H9ClN2O5/c14-12-4-2-9(16(17)18)13(15-12)19-6-8-1-3-10-11(5-8)21-7-20-10/h1-5H,6-7H2. The van der Waals surface area contributed by atoms with E-state index in [-0.39, 0.29) is 30.1 Å². The molecule has 1 aliphatic heterocycles. The maximum absolute atomic E-state index is 10.9. The molecule has 0 saturated heterocycles. The van der Waals surface area contributed by atoms with Crippen molar-refractivity contribution in [1.29, 1.82) is 0 Å². The quantitative estimate of drug-likeness (QED) is 0.490. The Hall–Kier alpha value is -2.54. The first kappa shape index (κ1) is 13.4.